The quantitative estimate of drug-likeness (QED) is 0.551. The second kappa shape index (κ2) is 7.72. The van der Waals surface area contributed by atoms with Crippen molar-refractivity contribution in [1.29, 1.82) is 0 Å². The molecule has 2 rings (SSSR count). The van der Waals surface area contributed by atoms with Crippen LogP contribution in [0.25, 0.3) is 0 Å². The van der Waals surface area contributed by atoms with Crippen molar-refractivity contribution in [2.45, 2.75) is 19.8 Å². The SMILES string of the molecule is CCN(CCC(=O)OC)C(=O)CCN1C(=O)c2ccccc2C1=O. The van der Waals surface area contributed by atoms with Gasteiger partial charge in [0.1, 0.15) is 0 Å². The fourth-order valence-electron chi connectivity index (χ4n) is 2.60. The standard InChI is InChI=1S/C17H20N2O5/c1-3-18(10-9-15(21)24-2)14(20)8-11-19-16(22)12-6-4-5-7-13(12)17(19)23/h4-7H,3,8-11H2,1-2H3. The van der Waals surface area contributed by atoms with Crippen LogP contribution in [-0.4, -0.2) is 60.2 Å². The van der Waals surface area contributed by atoms with Crippen molar-refractivity contribution >= 4 is 23.7 Å². The summed E-state index contributed by atoms with van der Waals surface area (Å²) in [4.78, 5) is 50.5. The Kier molecular flexibility index (Phi) is 5.68. The summed E-state index contributed by atoms with van der Waals surface area (Å²) in [6.45, 7) is 2.53. The van der Waals surface area contributed by atoms with Crippen LogP contribution in [0.15, 0.2) is 24.3 Å². The summed E-state index contributed by atoms with van der Waals surface area (Å²) in [5.74, 6) is -1.35. The number of ether oxygens (including phenoxy) is 1. The average Bonchev–Trinajstić information content (AvgIpc) is 2.84. The van der Waals surface area contributed by atoms with E-state index >= 15 is 0 Å². The molecule has 128 valence electrons. The molecule has 24 heavy (non-hydrogen) atoms. The van der Waals surface area contributed by atoms with Gasteiger partial charge in [-0.1, -0.05) is 12.1 Å². The molecule has 0 saturated carbocycles. The number of hydrogen-bond donors (Lipinski definition) is 0. The van der Waals surface area contributed by atoms with Crippen LogP contribution in [0.3, 0.4) is 0 Å². The molecule has 0 atom stereocenters. The van der Waals surface area contributed by atoms with E-state index in [0.29, 0.717) is 17.7 Å². The highest BCUT2D eigenvalue weighted by atomic mass is 16.5. The third kappa shape index (κ3) is 3.61. The molecule has 3 amide bonds. The van der Waals surface area contributed by atoms with E-state index in [1.165, 1.54) is 12.0 Å². The van der Waals surface area contributed by atoms with Gasteiger partial charge in [-0.2, -0.15) is 0 Å². The summed E-state index contributed by atoms with van der Waals surface area (Å²) in [7, 11) is 1.29. The van der Waals surface area contributed by atoms with Crippen molar-refractivity contribution < 1.29 is 23.9 Å². The predicted molar refractivity (Wildman–Crippen MR) is 85.3 cm³/mol. The zero-order valence-electron chi connectivity index (χ0n) is 13.8. The molecule has 0 radical (unpaired) electrons. The van der Waals surface area contributed by atoms with Gasteiger partial charge in [-0.25, -0.2) is 0 Å². The van der Waals surface area contributed by atoms with E-state index in [2.05, 4.69) is 4.74 Å². The van der Waals surface area contributed by atoms with Crippen molar-refractivity contribution in [3.05, 3.63) is 35.4 Å². The molecule has 1 aliphatic heterocycles. The molecular weight excluding hydrogens is 312 g/mol. The van der Waals surface area contributed by atoms with E-state index in [1.807, 2.05) is 0 Å². The van der Waals surface area contributed by atoms with Gasteiger partial charge < -0.3 is 9.64 Å². The van der Waals surface area contributed by atoms with Gasteiger partial charge in [0.25, 0.3) is 11.8 Å². The Hall–Kier alpha value is -2.70. The van der Waals surface area contributed by atoms with E-state index in [4.69, 9.17) is 0 Å². The lowest BCUT2D eigenvalue weighted by molar-refractivity contribution is -0.141. The number of methoxy groups -OCH3 is 1. The minimum absolute atomic E-state index is 0.0277. The highest BCUT2D eigenvalue weighted by Crippen LogP contribution is 2.22. The number of nitrogens with zero attached hydrogens (tertiary/aromatic N) is 2. The number of carbonyl (C=O) groups is 4. The van der Waals surface area contributed by atoms with Gasteiger partial charge in [0.05, 0.1) is 24.7 Å². The lowest BCUT2D eigenvalue weighted by atomic mass is 10.1. The predicted octanol–water partition coefficient (Wildman–Crippen LogP) is 1.08. The summed E-state index contributed by atoms with van der Waals surface area (Å²) < 4.78 is 4.56. The molecule has 7 nitrogen and oxygen atoms in total. The van der Waals surface area contributed by atoms with Crippen molar-refractivity contribution in [3.63, 3.8) is 0 Å². The Morgan fingerprint density at radius 2 is 1.67 bits per heavy atom. The Balaban J connectivity index is 1.93. The van der Waals surface area contributed by atoms with Crippen molar-refractivity contribution in [3.8, 4) is 0 Å². The topological polar surface area (TPSA) is 84.0 Å². The normalized spacial score (nSPS) is 13.0. The van der Waals surface area contributed by atoms with Crippen LogP contribution in [0.4, 0.5) is 0 Å². The monoisotopic (exact) mass is 332 g/mol. The van der Waals surface area contributed by atoms with Crippen LogP contribution in [0.5, 0.6) is 0 Å². The highest BCUT2D eigenvalue weighted by Gasteiger charge is 2.35. The van der Waals surface area contributed by atoms with E-state index in [-0.39, 0.29) is 49.6 Å². The Labute approximate surface area is 140 Å². The zero-order valence-corrected chi connectivity index (χ0v) is 13.8. The number of carbonyl (C=O) groups excluding carboxylic acids is 4. The molecule has 1 aromatic carbocycles. The van der Waals surface area contributed by atoms with Gasteiger partial charge in [-0.15, -0.1) is 0 Å². The summed E-state index contributed by atoms with van der Waals surface area (Å²) in [5.41, 5.74) is 0.737. The zero-order chi connectivity index (χ0) is 17.7. The molecule has 7 heteroatoms. The Morgan fingerprint density at radius 3 is 2.17 bits per heavy atom. The average molecular weight is 332 g/mol. The van der Waals surface area contributed by atoms with Crippen LogP contribution >= 0.6 is 0 Å². The number of hydrogen-bond acceptors (Lipinski definition) is 5. The minimum Gasteiger partial charge on any atom is -0.469 e. The fourth-order valence-corrected chi connectivity index (χ4v) is 2.60. The first-order valence-corrected chi connectivity index (χ1v) is 7.79. The van der Waals surface area contributed by atoms with Gasteiger partial charge >= 0.3 is 5.97 Å². The van der Waals surface area contributed by atoms with Crippen LogP contribution in [0.1, 0.15) is 40.5 Å². The van der Waals surface area contributed by atoms with Gasteiger partial charge in [-0.05, 0) is 19.1 Å². The van der Waals surface area contributed by atoms with E-state index < -0.39 is 0 Å². The number of amides is 3. The van der Waals surface area contributed by atoms with Crippen molar-refractivity contribution in [2.24, 2.45) is 0 Å². The number of rotatable bonds is 7. The molecule has 0 bridgehead atoms. The molecule has 0 unspecified atom stereocenters. The van der Waals surface area contributed by atoms with E-state index in [9.17, 15) is 19.2 Å². The smallest absolute Gasteiger partial charge is 0.307 e. The van der Waals surface area contributed by atoms with Crippen molar-refractivity contribution in [1.82, 2.24) is 9.80 Å². The largest absolute Gasteiger partial charge is 0.469 e. The molecular formula is C17H20N2O5. The molecule has 0 spiro atoms. The number of imide groups is 1. The number of benzene rings is 1. The molecule has 0 saturated heterocycles. The van der Waals surface area contributed by atoms with Gasteiger partial charge in [0, 0.05) is 26.1 Å². The third-order valence-electron chi connectivity index (χ3n) is 3.98. The third-order valence-corrected chi connectivity index (χ3v) is 3.98. The van der Waals surface area contributed by atoms with Crippen molar-refractivity contribution in [2.75, 3.05) is 26.7 Å². The molecule has 1 aromatic rings. The molecule has 0 fully saturated rings. The summed E-state index contributed by atoms with van der Waals surface area (Å²) in [6.07, 6.45) is 0.142. The highest BCUT2D eigenvalue weighted by molar-refractivity contribution is 6.21. The van der Waals surface area contributed by atoms with E-state index in [0.717, 1.165) is 4.90 Å². The van der Waals surface area contributed by atoms with Gasteiger partial charge in [0.15, 0.2) is 0 Å². The van der Waals surface area contributed by atoms with Crippen LogP contribution in [0, 0.1) is 0 Å². The summed E-state index contributed by atoms with van der Waals surface area (Å²) in [5, 5.41) is 0. The van der Waals surface area contributed by atoms with Crippen LogP contribution in [0.2, 0.25) is 0 Å². The second-order valence-corrected chi connectivity index (χ2v) is 5.36. The maximum absolute atomic E-state index is 12.2. The van der Waals surface area contributed by atoms with Crippen LogP contribution in [-0.2, 0) is 14.3 Å². The lowest BCUT2D eigenvalue weighted by Crippen LogP contribution is -2.37. The lowest BCUT2D eigenvalue weighted by Gasteiger charge is -2.21. The summed E-state index contributed by atoms with van der Waals surface area (Å²) >= 11 is 0. The maximum Gasteiger partial charge on any atom is 0.307 e. The number of fused-ring (bicyclic) bond motifs is 1. The Morgan fingerprint density at radius 1 is 1.08 bits per heavy atom. The maximum atomic E-state index is 12.2. The van der Waals surface area contributed by atoms with Gasteiger partial charge in [-0.3, -0.25) is 24.1 Å². The fraction of sp³-hybridized carbons (Fsp3) is 0.412. The van der Waals surface area contributed by atoms with Gasteiger partial charge in [0.2, 0.25) is 5.91 Å². The minimum atomic E-state index is -0.387. The molecule has 1 aliphatic rings. The Bertz CT molecular complexity index is 636. The molecule has 0 aromatic heterocycles. The second-order valence-electron chi connectivity index (χ2n) is 5.36. The first kappa shape index (κ1) is 17.7. The summed E-state index contributed by atoms with van der Waals surface area (Å²) in [6, 6.07) is 6.60. The first-order valence-electron chi connectivity index (χ1n) is 7.79. The molecule has 0 aliphatic carbocycles. The molecule has 1 heterocycles. The molecule has 0 N–H and O–H groups in total. The van der Waals surface area contributed by atoms with Crippen LogP contribution < -0.4 is 0 Å². The number of esters is 1. The van der Waals surface area contributed by atoms with E-state index in [1.54, 1.807) is 31.2 Å². The first-order chi connectivity index (χ1) is 11.5.